The molecule has 0 bridgehead atoms. The molecule has 1 unspecified atom stereocenters. The minimum Gasteiger partial charge on any atom is -0.326 e. The molecule has 0 saturated carbocycles. The molecule has 0 saturated heterocycles. The molecule has 1 rings (SSSR count). The number of rotatable bonds is 9. The van der Waals surface area contributed by atoms with Gasteiger partial charge in [-0.2, -0.15) is 0 Å². The molecule has 0 spiro atoms. The molecule has 1 aromatic carbocycles. The third kappa shape index (κ3) is 6.22. The largest absolute Gasteiger partial charge is 0.326 e. The third-order valence-electron chi connectivity index (χ3n) is 3.79. The van der Waals surface area contributed by atoms with Crippen LogP contribution in [0.2, 0.25) is 0 Å². The lowest BCUT2D eigenvalue weighted by Gasteiger charge is -2.23. The van der Waals surface area contributed by atoms with Gasteiger partial charge in [0, 0.05) is 19.6 Å². The fraction of sp³-hybridized carbons (Fsp3) is 0.647. The normalized spacial score (nSPS) is 12.9. The van der Waals surface area contributed by atoms with Crippen molar-refractivity contribution in [2.24, 2.45) is 11.7 Å². The van der Waals surface area contributed by atoms with Crippen molar-refractivity contribution in [1.29, 1.82) is 0 Å². The van der Waals surface area contributed by atoms with Crippen LogP contribution in [0.5, 0.6) is 0 Å². The van der Waals surface area contributed by atoms with Crippen LogP contribution in [0, 0.1) is 5.92 Å². The maximum absolute atomic E-state index is 5.69. The highest BCUT2D eigenvalue weighted by Crippen LogP contribution is 2.15. The smallest absolute Gasteiger partial charge is 0.0230 e. The summed E-state index contributed by atoms with van der Waals surface area (Å²) in [7, 11) is 2.23. The first-order valence-electron chi connectivity index (χ1n) is 7.66. The summed E-state index contributed by atoms with van der Waals surface area (Å²) in [5.41, 5.74) is 8.29. The molecular weight excluding hydrogens is 232 g/mol. The fourth-order valence-corrected chi connectivity index (χ4v) is 2.59. The Kier molecular flexibility index (Phi) is 7.76. The molecule has 2 heteroatoms. The van der Waals surface area contributed by atoms with Gasteiger partial charge in [0.05, 0.1) is 0 Å². The summed E-state index contributed by atoms with van der Waals surface area (Å²) in [4.78, 5) is 2.44. The molecule has 0 aliphatic heterocycles. The number of nitrogens with zero attached hydrogens (tertiary/aromatic N) is 1. The van der Waals surface area contributed by atoms with Crippen molar-refractivity contribution < 1.29 is 0 Å². The summed E-state index contributed by atoms with van der Waals surface area (Å²) in [6.45, 7) is 7.43. The van der Waals surface area contributed by atoms with Gasteiger partial charge in [-0.1, -0.05) is 57.4 Å². The van der Waals surface area contributed by atoms with Crippen molar-refractivity contribution in [3.8, 4) is 0 Å². The third-order valence-corrected chi connectivity index (χ3v) is 3.79. The van der Waals surface area contributed by atoms with Gasteiger partial charge in [-0.3, -0.25) is 0 Å². The van der Waals surface area contributed by atoms with Gasteiger partial charge in [-0.15, -0.1) is 0 Å². The summed E-state index contributed by atoms with van der Waals surface area (Å²) >= 11 is 0. The molecule has 2 nitrogen and oxygen atoms in total. The molecule has 1 atom stereocenters. The Morgan fingerprint density at radius 2 is 1.95 bits per heavy atom. The quantitative estimate of drug-likeness (QED) is 0.733. The molecule has 19 heavy (non-hydrogen) atoms. The zero-order valence-corrected chi connectivity index (χ0v) is 12.9. The van der Waals surface area contributed by atoms with Crippen molar-refractivity contribution in [2.75, 3.05) is 13.6 Å². The van der Waals surface area contributed by atoms with Gasteiger partial charge >= 0.3 is 0 Å². The van der Waals surface area contributed by atoms with Gasteiger partial charge in [0.2, 0.25) is 0 Å². The Hall–Kier alpha value is -0.860. The van der Waals surface area contributed by atoms with E-state index in [1.165, 1.54) is 43.4 Å². The second kappa shape index (κ2) is 9.11. The molecular formula is C17H30N2. The van der Waals surface area contributed by atoms with Gasteiger partial charge in [0.15, 0.2) is 0 Å². The average molecular weight is 262 g/mol. The molecule has 108 valence electrons. The van der Waals surface area contributed by atoms with E-state index in [1.807, 2.05) is 0 Å². The number of nitrogens with two attached hydrogens (primary N) is 1. The number of benzene rings is 1. The van der Waals surface area contributed by atoms with Gasteiger partial charge < -0.3 is 10.6 Å². The highest BCUT2D eigenvalue weighted by molar-refractivity contribution is 5.23. The van der Waals surface area contributed by atoms with Gasteiger partial charge in [-0.25, -0.2) is 0 Å². The van der Waals surface area contributed by atoms with E-state index >= 15 is 0 Å². The molecule has 0 amide bonds. The first-order valence-corrected chi connectivity index (χ1v) is 7.66. The fourth-order valence-electron chi connectivity index (χ4n) is 2.59. The molecule has 1 aromatic rings. The standard InChI is InChI=1S/C17H30N2/c1-4-6-8-15(5-2)13-19(3)14-17-10-7-9-16(11-17)12-18/h7,9-11,15H,4-6,8,12-14,18H2,1-3H3. The summed E-state index contributed by atoms with van der Waals surface area (Å²) in [6, 6.07) is 8.63. The van der Waals surface area contributed by atoms with Crippen molar-refractivity contribution in [2.45, 2.75) is 52.6 Å². The first kappa shape index (κ1) is 16.2. The van der Waals surface area contributed by atoms with Crippen LogP contribution in [-0.2, 0) is 13.1 Å². The summed E-state index contributed by atoms with van der Waals surface area (Å²) in [6.07, 6.45) is 5.31. The average Bonchev–Trinajstić information content (AvgIpc) is 2.43. The Bertz CT molecular complexity index is 349. The maximum atomic E-state index is 5.69. The number of hydrogen-bond acceptors (Lipinski definition) is 2. The van der Waals surface area contributed by atoms with E-state index in [0.717, 1.165) is 12.5 Å². The van der Waals surface area contributed by atoms with E-state index in [4.69, 9.17) is 5.73 Å². The van der Waals surface area contributed by atoms with E-state index in [9.17, 15) is 0 Å². The topological polar surface area (TPSA) is 29.3 Å². The molecule has 0 aliphatic rings. The maximum Gasteiger partial charge on any atom is 0.0230 e. The summed E-state index contributed by atoms with van der Waals surface area (Å²) in [5, 5.41) is 0. The van der Waals surface area contributed by atoms with E-state index < -0.39 is 0 Å². The van der Waals surface area contributed by atoms with E-state index in [1.54, 1.807) is 0 Å². The van der Waals surface area contributed by atoms with Crippen molar-refractivity contribution >= 4 is 0 Å². The van der Waals surface area contributed by atoms with Crippen LogP contribution in [0.3, 0.4) is 0 Å². The molecule has 0 heterocycles. The molecule has 2 N–H and O–H groups in total. The van der Waals surface area contributed by atoms with Gasteiger partial charge in [0.25, 0.3) is 0 Å². The number of hydrogen-bond donors (Lipinski definition) is 1. The zero-order valence-electron chi connectivity index (χ0n) is 12.9. The lowest BCUT2D eigenvalue weighted by molar-refractivity contribution is 0.253. The highest BCUT2D eigenvalue weighted by atomic mass is 15.1. The monoisotopic (exact) mass is 262 g/mol. The van der Waals surface area contributed by atoms with Crippen LogP contribution in [0.25, 0.3) is 0 Å². The lowest BCUT2D eigenvalue weighted by atomic mass is 9.98. The summed E-state index contributed by atoms with van der Waals surface area (Å²) < 4.78 is 0. The molecule has 0 radical (unpaired) electrons. The summed E-state index contributed by atoms with van der Waals surface area (Å²) in [5.74, 6) is 0.836. The SMILES string of the molecule is CCCCC(CC)CN(C)Cc1cccc(CN)c1. The minimum absolute atomic E-state index is 0.631. The molecule has 0 aromatic heterocycles. The Morgan fingerprint density at radius 3 is 2.58 bits per heavy atom. The number of unbranched alkanes of at least 4 members (excludes halogenated alkanes) is 1. The van der Waals surface area contributed by atoms with E-state index in [-0.39, 0.29) is 0 Å². The first-order chi connectivity index (χ1) is 9.19. The predicted octanol–water partition coefficient (Wildman–Crippen LogP) is 3.79. The van der Waals surface area contributed by atoms with Crippen molar-refractivity contribution in [3.05, 3.63) is 35.4 Å². The Balaban J connectivity index is 2.46. The van der Waals surface area contributed by atoms with Crippen LogP contribution in [0.15, 0.2) is 24.3 Å². The lowest BCUT2D eigenvalue weighted by Crippen LogP contribution is -2.25. The van der Waals surface area contributed by atoms with Crippen LogP contribution < -0.4 is 5.73 Å². The van der Waals surface area contributed by atoms with E-state index in [2.05, 4.69) is 50.1 Å². The van der Waals surface area contributed by atoms with Gasteiger partial charge in [0.1, 0.15) is 0 Å². The van der Waals surface area contributed by atoms with Crippen LogP contribution in [-0.4, -0.2) is 18.5 Å². The van der Waals surface area contributed by atoms with E-state index in [0.29, 0.717) is 6.54 Å². The van der Waals surface area contributed by atoms with Crippen molar-refractivity contribution in [3.63, 3.8) is 0 Å². The molecule has 0 fully saturated rings. The Labute approximate surface area is 119 Å². The predicted molar refractivity (Wildman–Crippen MR) is 84.0 cm³/mol. The van der Waals surface area contributed by atoms with Crippen molar-refractivity contribution in [1.82, 2.24) is 4.90 Å². The Morgan fingerprint density at radius 1 is 1.21 bits per heavy atom. The molecule has 0 aliphatic carbocycles. The van der Waals surface area contributed by atoms with Crippen LogP contribution in [0.4, 0.5) is 0 Å². The van der Waals surface area contributed by atoms with Crippen LogP contribution in [0.1, 0.15) is 50.7 Å². The second-order valence-electron chi connectivity index (χ2n) is 5.64. The zero-order chi connectivity index (χ0) is 14.1. The minimum atomic E-state index is 0.631. The van der Waals surface area contributed by atoms with Gasteiger partial charge in [-0.05, 0) is 30.5 Å². The second-order valence-corrected chi connectivity index (χ2v) is 5.64. The highest BCUT2D eigenvalue weighted by Gasteiger charge is 2.09. The van der Waals surface area contributed by atoms with Crippen LogP contribution >= 0.6 is 0 Å².